The van der Waals surface area contributed by atoms with Gasteiger partial charge in [0.05, 0.1) is 17.6 Å². The van der Waals surface area contributed by atoms with Crippen molar-refractivity contribution in [2.45, 2.75) is 18.7 Å². The maximum Gasteiger partial charge on any atom is 0.265 e. The first-order valence-corrected chi connectivity index (χ1v) is 7.69. The number of nitrogens with one attached hydrogen (secondary N) is 2. The van der Waals surface area contributed by atoms with Crippen molar-refractivity contribution in [1.82, 2.24) is 25.0 Å². The molecule has 0 aromatic carbocycles. The molecule has 2 N–H and O–H groups in total. The fraction of sp³-hybridized carbons (Fsp3) is 0.250. The van der Waals surface area contributed by atoms with Gasteiger partial charge in [0, 0.05) is 24.3 Å². The molecular formula is C12H14N6O2S. The van der Waals surface area contributed by atoms with Crippen LogP contribution < -0.4 is 4.72 Å². The summed E-state index contributed by atoms with van der Waals surface area (Å²) < 4.78 is 28.7. The van der Waals surface area contributed by atoms with E-state index in [2.05, 4.69) is 25.0 Å². The van der Waals surface area contributed by atoms with E-state index in [1.165, 1.54) is 17.1 Å². The summed E-state index contributed by atoms with van der Waals surface area (Å²) in [4.78, 5) is 4.26. The van der Waals surface area contributed by atoms with Crippen LogP contribution in [0, 0.1) is 13.8 Å². The van der Waals surface area contributed by atoms with Crippen LogP contribution in [-0.2, 0) is 17.1 Å². The van der Waals surface area contributed by atoms with Gasteiger partial charge >= 0.3 is 0 Å². The van der Waals surface area contributed by atoms with Crippen LogP contribution in [0.15, 0.2) is 23.4 Å². The molecule has 0 atom stereocenters. The highest BCUT2D eigenvalue weighted by molar-refractivity contribution is 7.92. The molecule has 0 spiro atoms. The Balaban J connectivity index is 2.00. The molecule has 0 saturated heterocycles. The Morgan fingerprint density at radius 3 is 2.76 bits per heavy atom. The molecule has 9 heteroatoms. The zero-order valence-corrected chi connectivity index (χ0v) is 12.6. The molecule has 0 aliphatic carbocycles. The summed E-state index contributed by atoms with van der Waals surface area (Å²) in [5.74, 6) is 0. The Morgan fingerprint density at radius 1 is 1.33 bits per heavy atom. The number of aromatic nitrogens is 5. The zero-order valence-electron chi connectivity index (χ0n) is 11.7. The van der Waals surface area contributed by atoms with Gasteiger partial charge in [-0.2, -0.15) is 10.2 Å². The molecular weight excluding hydrogens is 292 g/mol. The van der Waals surface area contributed by atoms with Crippen LogP contribution in [-0.4, -0.2) is 33.4 Å². The number of rotatable bonds is 3. The predicted molar refractivity (Wildman–Crippen MR) is 77.4 cm³/mol. The van der Waals surface area contributed by atoms with E-state index in [1.807, 2.05) is 6.92 Å². The summed E-state index contributed by atoms with van der Waals surface area (Å²) in [6, 6.07) is 1.70. The number of H-pyrrole nitrogens is 1. The Bertz CT molecular complexity index is 925. The van der Waals surface area contributed by atoms with E-state index in [0.29, 0.717) is 17.0 Å². The number of sulfonamides is 1. The average Bonchev–Trinajstić information content (AvgIpc) is 2.93. The molecule has 3 heterocycles. The van der Waals surface area contributed by atoms with Gasteiger partial charge in [0.15, 0.2) is 5.65 Å². The molecule has 0 fully saturated rings. The third-order valence-electron chi connectivity index (χ3n) is 3.11. The van der Waals surface area contributed by atoms with Crippen molar-refractivity contribution in [1.29, 1.82) is 0 Å². The molecule has 3 aromatic rings. The van der Waals surface area contributed by atoms with Crippen molar-refractivity contribution in [3.05, 3.63) is 29.8 Å². The zero-order chi connectivity index (χ0) is 15.2. The van der Waals surface area contributed by atoms with Gasteiger partial charge in [-0.1, -0.05) is 0 Å². The molecule has 0 aliphatic rings. The topological polar surface area (TPSA) is 106 Å². The van der Waals surface area contributed by atoms with Crippen LogP contribution >= 0.6 is 0 Å². The second-order valence-corrected chi connectivity index (χ2v) is 6.45. The second kappa shape index (κ2) is 4.55. The third-order valence-corrected chi connectivity index (χ3v) is 4.59. The summed E-state index contributed by atoms with van der Waals surface area (Å²) in [5, 5.41) is 11.6. The number of aromatic amines is 1. The molecule has 3 aromatic heterocycles. The lowest BCUT2D eigenvalue weighted by Gasteiger charge is -2.06. The van der Waals surface area contributed by atoms with Gasteiger partial charge in [-0.15, -0.1) is 0 Å². The van der Waals surface area contributed by atoms with Crippen LogP contribution in [0.25, 0.3) is 11.0 Å². The van der Waals surface area contributed by atoms with Gasteiger partial charge in [-0.25, -0.2) is 13.4 Å². The number of nitrogens with zero attached hydrogens (tertiary/aromatic N) is 4. The maximum absolute atomic E-state index is 12.4. The molecule has 0 saturated carbocycles. The average molecular weight is 306 g/mol. The Kier molecular flexibility index (Phi) is 2.94. The number of aryl methyl sites for hydroxylation is 3. The van der Waals surface area contributed by atoms with Crippen LogP contribution in [0.1, 0.15) is 11.4 Å². The molecule has 21 heavy (non-hydrogen) atoms. The van der Waals surface area contributed by atoms with Crippen molar-refractivity contribution in [2.24, 2.45) is 7.05 Å². The minimum atomic E-state index is -3.69. The van der Waals surface area contributed by atoms with E-state index >= 15 is 0 Å². The first-order chi connectivity index (χ1) is 9.87. The number of fused-ring (bicyclic) bond motifs is 1. The largest absolute Gasteiger partial charge is 0.280 e. The van der Waals surface area contributed by atoms with Gasteiger partial charge < -0.3 is 0 Å². The highest BCUT2D eigenvalue weighted by Gasteiger charge is 2.20. The number of hydrogen-bond donors (Lipinski definition) is 2. The summed E-state index contributed by atoms with van der Waals surface area (Å²) >= 11 is 0. The first kappa shape index (κ1) is 13.6. The van der Waals surface area contributed by atoms with Crippen LogP contribution in [0.2, 0.25) is 0 Å². The van der Waals surface area contributed by atoms with Crippen molar-refractivity contribution in [3.63, 3.8) is 0 Å². The lowest BCUT2D eigenvalue weighted by Crippen LogP contribution is -2.13. The lowest BCUT2D eigenvalue weighted by molar-refractivity contribution is 0.600. The quantitative estimate of drug-likeness (QED) is 0.754. The number of pyridine rings is 1. The molecule has 8 nitrogen and oxygen atoms in total. The molecule has 110 valence electrons. The summed E-state index contributed by atoms with van der Waals surface area (Å²) in [6.07, 6.45) is 2.90. The summed E-state index contributed by atoms with van der Waals surface area (Å²) in [7, 11) is -2.02. The maximum atomic E-state index is 12.4. The van der Waals surface area contributed by atoms with Crippen molar-refractivity contribution < 1.29 is 8.42 Å². The minimum absolute atomic E-state index is 0.147. The Morgan fingerprint density at radius 2 is 2.10 bits per heavy atom. The van der Waals surface area contributed by atoms with Crippen LogP contribution in [0.4, 0.5) is 5.69 Å². The van der Waals surface area contributed by atoms with Crippen molar-refractivity contribution >= 4 is 26.7 Å². The number of hydrogen-bond acceptors (Lipinski definition) is 5. The predicted octanol–water partition coefficient (Wildman–Crippen LogP) is 1.11. The standard InChI is InChI=1S/C12H14N6O2S/c1-7-10-4-9(5-13-12(10)15-14-7)17-21(19,20)11-6-18(3)16-8(11)2/h4-6,17H,1-3H3,(H,13,14,15). The van der Waals surface area contributed by atoms with E-state index < -0.39 is 10.0 Å². The Labute approximate surface area is 121 Å². The molecule has 3 rings (SSSR count). The van der Waals surface area contributed by atoms with E-state index in [0.717, 1.165) is 11.1 Å². The Hall–Kier alpha value is -2.42. The summed E-state index contributed by atoms with van der Waals surface area (Å²) in [5.41, 5.74) is 2.21. The SMILES string of the molecule is Cc1nn(C)cc1S(=O)(=O)Nc1cnc2n[nH]c(C)c2c1. The molecule has 0 radical (unpaired) electrons. The van der Waals surface area contributed by atoms with Crippen LogP contribution in [0.3, 0.4) is 0 Å². The molecule has 0 unspecified atom stereocenters. The van der Waals surface area contributed by atoms with E-state index in [1.54, 1.807) is 20.0 Å². The molecule has 0 amide bonds. The van der Waals surface area contributed by atoms with Gasteiger partial charge in [0.25, 0.3) is 10.0 Å². The van der Waals surface area contributed by atoms with Gasteiger partial charge in [0.1, 0.15) is 4.90 Å². The highest BCUT2D eigenvalue weighted by Crippen LogP contribution is 2.21. The fourth-order valence-corrected chi connectivity index (χ4v) is 3.38. The smallest absolute Gasteiger partial charge is 0.265 e. The molecule has 0 bridgehead atoms. The fourth-order valence-electron chi connectivity index (χ4n) is 2.13. The second-order valence-electron chi connectivity index (χ2n) is 4.80. The minimum Gasteiger partial charge on any atom is -0.280 e. The van der Waals surface area contributed by atoms with Crippen LogP contribution in [0.5, 0.6) is 0 Å². The normalized spacial score (nSPS) is 12.0. The van der Waals surface area contributed by atoms with E-state index in [4.69, 9.17) is 0 Å². The van der Waals surface area contributed by atoms with Crippen molar-refractivity contribution in [3.8, 4) is 0 Å². The molecule has 0 aliphatic heterocycles. The van der Waals surface area contributed by atoms with Gasteiger partial charge in [-0.05, 0) is 19.9 Å². The summed E-state index contributed by atoms with van der Waals surface area (Å²) in [6.45, 7) is 3.50. The van der Waals surface area contributed by atoms with E-state index in [9.17, 15) is 8.42 Å². The third kappa shape index (κ3) is 2.35. The van der Waals surface area contributed by atoms with E-state index in [-0.39, 0.29) is 4.90 Å². The monoisotopic (exact) mass is 306 g/mol. The number of anilines is 1. The van der Waals surface area contributed by atoms with Gasteiger partial charge in [-0.3, -0.25) is 14.5 Å². The van der Waals surface area contributed by atoms with Crippen molar-refractivity contribution in [2.75, 3.05) is 4.72 Å². The van der Waals surface area contributed by atoms with Gasteiger partial charge in [0.2, 0.25) is 0 Å². The highest BCUT2D eigenvalue weighted by atomic mass is 32.2. The first-order valence-electron chi connectivity index (χ1n) is 6.20. The lowest BCUT2D eigenvalue weighted by atomic mass is 10.3.